The normalized spacial score (nSPS) is 30.8. The Morgan fingerprint density at radius 1 is 1.14 bits per heavy atom. The Morgan fingerprint density at radius 3 is 2.36 bits per heavy atom. The standard InChI is InChI=1S/C18H22F3N/c1-11-4-7-14-10-15(11)16(22-17(14,2)3)12-5-8-13(9-6-12)18(19,20)21/h4-6,8-9,14-16,22H,7,10H2,1-3H3/t14-,15-,16+/m1/s1. The van der Waals surface area contributed by atoms with Gasteiger partial charge in [-0.25, -0.2) is 0 Å². The van der Waals surface area contributed by atoms with E-state index in [1.165, 1.54) is 17.7 Å². The van der Waals surface area contributed by atoms with E-state index in [0.29, 0.717) is 11.8 Å². The molecule has 0 spiro atoms. The fraction of sp³-hybridized carbons (Fsp3) is 0.556. The van der Waals surface area contributed by atoms with Crippen LogP contribution in [-0.4, -0.2) is 5.54 Å². The summed E-state index contributed by atoms with van der Waals surface area (Å²) >= 11 is 0. The van der Waals surface area contributed by atoms with Gasteiger partial charge in [0.2, 0.25) is 0 Å². The van der Waals surface area contributed by atoms with Gasteiger partial charge in [0.05, 0.1) is 5.56 Å². The maximum atomic E-state index is 12.7. The van der Waals surface area contributed by atoms with Gasteiger partial charge in [0.25, 0.3) is 0 Å². The number of allylic oxidation sites excluding steroid dienone is 1. The van der Waals surface area contributed by atoms with Crippen LogP contribution in [0.4, 0.5) is 13.2 Å². The van der Waals surface area contributed by atoms with E-state index in [4.69, 9.17) is 0 Å². The molecule has 1 fully saturated rings. The highest BCUT2D eigenvalue weighted by molar-refractivity contribution is 5.31. The third-order valence-corrected chi connectivity index (χ3v) is 5.40. The molecule has 1 aromatic carbocycles. The molecule has 0 amide bonds. The lowest BCUT2D eigenvalue weighted by molar-refractivity contribution is -0.137. The van der Waals surface area contributed by atoms with Crippen LogP contribution in [0.1, 0.15) is 50.8 Å². The van der Waals surface area contributed by atoms with Gasteiger partial charge in [-0.1, -0.05) is 23.8 Å². The summed E-state index contributed by atoms with van der Waals surface area (Å²) in [4.78, 5) is 0. The lowest BCUT2D eigenvalue weighted by Gasteiger charge is -2.50. The van der Waals surface area contributed by atoms with Gasteiger partial charge >= 0.3 is 6.18 Å². The van der Waals surface area contributed by atoms with Crippen LogP contribution < -0.4 is 5.32 Å². The topological polar surface area (TPSA) is 12.0 Å². The number of hydrogen-bond acceptors (Lipinski definition) is 1. The number of fused-ring (bicyclic) bond motifs is 2. The van der Waals surface area contributed by atoms with Crippen LogP contribution >= 0.6 is 0 Å². The minimum atomic E-state index is -4.27. The summed E-state index contributed by atoms with van der Waals surface area (Å²) in [6.45, 7) is 6.52. The lowest BCUT2D eigenvalue weighted by Crippen LogP contribution is -2.55. The molecule has 1 aromatic rings. The summed E-state index contributed by atoms with van der Waals surface area (Å²) in [5.41, 5.74) is 1.71. The molecule has 0 aromatic heterocycles. The van der Waals surface area contributed by atoms with Gasteiger partial charge in [-0.15, -0.1) is 0 Å². The van der Waals surface area contributed by atoms with E-state index in [9.17, 15) is 13.2 Å². The van der Waals surface area contributed by atoms with E-state index >= 15 is 0 Å². The molecule has 22 heavy (non-hydrogen) atoms. The summed E-state index contributed by atoms with van der Waals surface area (Å²) in [6, 6.07) is 5.72. The summed E-state index contributed by atoms with van der Waals surface area (Å²) in [7, 11) is 0. The second kappa shape index (κ2) is 5.12. The summed E-state index contributed by atoms with van der Waals surface area (Å²) in [6.07, 6.45) is 0.220. The molecule has 120 valence electrons. The second-order valence-corrected chi connectivity index (χ2v) is 7.19. The van der Waals surface area contributed by atoms with Crippen LogP contribution in [0.15, 0.2) is 35.9 Å². The molecule has 0 saturated carbocycles. The third kappa shape index (κ3) is 2.69. The number of hydrogen-bond donors (Lipinski definition) is 1. The first-order valence-electron chi connectivity index (χ1n) is 7.80. The Balaban J connectivity index is 1.93. The number of rotatable bonds is 1. The van der Waals surface area contributed by atoms with Crippen LogP contribution in [0.3, 0.4) is 0 Å². The molecule has 4 heteroatoms. The third-order valence-electron chi connectivity index (χ3n) is 5.40. The van der Waals surface area contributed by atoms with Crippen molar-refractivity contribution in [2.24, 2.45) is 11.8 Å². The SMILES string of the molecule is CC1=CC[C@@H]2C[C@H]1[C@H](c1ccc(C(F)(F)F)cc1)NC2(C)C. The Morgan fingerprint density at radius 2 is 1.77 bits per heavy atom. The average Bonchev–Trinajstić information content (AvgIpc) is 2.44. The zero-order valence-corrected chi connectivity index (χ0v) is 13.2. The summed E-state index contributed by atoms with van der Waals surface area (Å²) in [5, 5.41) is 3.68. The van der Waals surface area contributed by atoms with Gasteiger partial charge in [0.1, 0.15) is 0 Å². The minimum absolute atomic E-state index is 0.00106. The summed E-state index contributed by atoms with van der Waals surface area (Å²) in [5.74, 6) is 0.968. The maximum absolute atomic E-state index is 12.7. The predicted molar refractivity (Wildman–Crippen MR) is 81.4 cm³/mol. The second-order valence-electron chi connectivity index (χ2n) is 7.19. The van der Waals surface area contributed by atoms with Gasteiger partial charge < -0.3 is 5.32 Å². The predicted octanol–water partition coefficient (Wildman–Crippen LogP) is 5.10. The van der Waals surface area contributed by atoms with Gasteiger partial charge in [-0.2, -0.15) is 13.2 Å². The van der Waals surface area contributed by atoms with E-state index < -0.39 is 11.7 Å². The molecule has 3 rings (SSSR count). The molecule has 1 N–H and O–H groups in total. The molecule has 0 radical (unpaired) electrons. The van der Waals surface area contributed by atoms with Crippen molar-refractivity contribution < 1.29 is 13.2 Å². The Bertz CT molecular complexity index is 583. The zero-order chi connectivity index (χ0) is 16.1. The number of benzene rings is 1. The van der Waals surface area contributed by atoms with Crippen molar-refractivity contribution in [3.63, 3.8) is 0 Å². The number of nitrogens with one attached hydrogen (secondary N) is 1. The van der Waals surface area contributed by atoms with E-state index in [2.05, 4.69) is 32.2 Å². The molecule has 3 atom stereocenters. The van der Waals surface area contributed by atoms with Crippen molar-refractivity contribution in [2.75, 3.05) is 0 Å². The van der Waals surface area contributed by atoms with Crippen molar-refractivity contribution >= 4 is 0 Å². The zero-order valence-electron chi connectivity index (χ0n) is 13.2. The van der Waals surface area contributed by atoms with E-state index in [-0.39, 0.29) is 11.6 Å². The van der Waals surface area contributed by atoms with Gasteiger partial charge in [-0.05, 0) is 63.1 Å². The number of piperidine rings is 1. The maximum Gasteiger partial charge on any atom is 0.416 e. The molecule has 1 saturated heterocycles. The molecule has 1 heterocycles. The van der Waals surface area contributed by atoms with Gasteiger partial charge in [-0.3, -0.25) is 0 Å². The highest BCUT2D eigenvalue weighted by atomic mass is 19.4. The van der Waals surface area contributed by atoms with Gasteiger partial charge in [0, 0.05) is 11.6 Å². The van der Waals surface area contributed by atoms with Crippen molar-refractivity contribution in [2.45, 2.75) is 51.4 Å². The lowest BCUT2D eigenvalue weighted by atomic mass is 9.65. The van der Waals surface area contributed by atoms with E-state index in [0.717, 1.165) is 18.4 Å². The Labute approximate surface area is 129 Å². The molecule has 2 bridgehead atoms. The number of alkyl halides is 3. The fourth-order valence-corrected chi connectivity index (χ4v) is 3.87. The highest BCUT2D eigenvalue weighted by Crippen LogP contribution is 2.47. The Kier molecular flexibility index (Phi) is 3.63. The minimum Gasteiger partial charge on any atom is -0.304 e. The molecule has 1 nitrogen and oxygen atoms in total. The van der Waals surface area contributed by atoms with Crippen molar-refractivity contribution in [1.29, 1.82) is 0 Å². The van der Waals surface area contributed by atoms with Gasteiger partial charge in [0.15, 0.2) is 0 Å². The van der Waals surface area contributed by atoms with Crippen molar-refractivity contribution in [3.8, 4) is 0 Å². The summed E-state index contributed by atoms with van der Waals surface area (Å²) < 4.78 is 38.2. The van der Waals surface area contributed by atoms with Crippen LogP contribution in [0.5, 0.6) is 0 Å². The first-order chi connectivity index (χ1) is 10.2. The van der Waals surface area contributed by atoms with Crippen LogP contribution in [0.25, 0.3) is 0 Å². The molecule has 2 aliphatic rings. The van der Waals surface area contributed by atoms with E-state index in [1.54, 1.807) is 12.1 Å². The van der Waals surface area contributed by atoms with Crippen molar-refractivity contribution in [1.82, 2.24) is 5.32 Å². The first-order valence-corrected chi connectivity index (χ1v) is 7.80. The smallest absolute Gasteiger partial charge is 0.304 e. The molecular weight excluding hydrogens is 287 g/mol. The number of halogens is 3. The molecular formula is C18H22F3N. The quantitative estimate of drug-likeness (QED) is 0.712. The molecule has 0 unspecified atom stereocenters. The van der Waals surface area contributed by atoms with E-state index in [1.807, 2.05) is 0 Å². The largest absolute Gasteiger partial charge is 0.416 e. The Hall–Kier alpha value is -1.29. The van der Waals surface area contributed by atoms with Crippen LogP contribution in [0.2, 0.25) is 0 Å². The van der Waals surface area contributed by atoms with Crippen LogP contribution in [-0.2, 0) is 6.18 Å². The fourth-order valence-electron chi connectivity index (χ4n) is 3.87. The molecule has 1 aliphatic heterocycles. The van der Waals surface area contributed by atoms with Crippen molar-refractivity contribution in [3.05, 3.63) is 47.0 Å². The first kappa shape index (κ1) is 15.6. The monoisotopic (exact) mass is 309 g/mol. The van der Waals surface area contributed by atoms with Crippen LogP contribution in [0, 0.1) is 11.8 Å². The average molecular weight is 309 g/mol. The molecule has 1 aliphatic carbocycles. The highest BCUT2D eigenvalue weighted by Gasteiger charge is 2.44.